The fourth-order valence-electron chi connectivity index (χ4n) is 1.38. The van der Waals surface area contributed by atoms with Gasteiger partial charge in [0.25, 0.3) is 0 Å². The molecule has 6 nitrogen and oxygen atoms in total. The lowest BCUT2D eigenvalue weighted by Crippen LogP contribution is -2.28. The van der Waals surface area contributed by atoms with Crippen molar-refractivity contribution in [2.24, 2.45) is 7.05 Å². The van der Waals surface area contributed by atoms with Crippen LogP contribution in [0.25, 0.3) is 0 Å². The van der Waals surface area contributed by atoms with Gasteiger partial charge in [-0.05, 0) is 12.1 Å². The molecule has 2 aromatic rings. The van der Waals surface area contributed by atoms with Crippen LogP contribution < -0.4 is 11.0 Å². The monoisotopic (exact) mass is 222 g/mol. The summed E-state index contributed by atoms with van der Waals surface area (Å²) in [7, 11) is 1.68. The summed E-state index contributed by atoms with van der Waals surface area (Å²) in [6.07, 6.45) is 3.15. The number of nitrogens with zero attached hydrogens (tertiary/aromatic N) is 3. The lowest BCUT2D eigenvalue weighted by molar-refractivity contribution is 0.466. The molecule has 1 N–H and O–H groups in total. The van der Waals surface area contributed by atoms with E-state index in [1.54, 1.807) is 13.3 Å². The van der Waals surface area contributed by atoms with Crippen LogP contribution >= 0.6 is 0 Å². The molecule has 0 atom stereocenters. The average Bonchev–Trinajstić information content (AvgIpc) is 2.88. The second-order valence-electron chi connectivity index (χ2n) is 3.50. The number of furan rings is 1. The molecule has 6 heteroatoms. The zero-order valence-corrected chi connectivity index (χ0v) is 9.09. The van der Waals surface area contributed by atoms with Gasteiger partial charge >= 0.3 is 5.69 Å². The van der Waals surface area contributed by atoms with Crippen LogP contribution in [0.5, 0.6) is 0 Å². The normalized spacial score (nSPS) is 10.8. The highest BCUT2D eigenvalue weighted by Gasteiger charge is 2.00. The van der Waals surface area contributed by atoms with Gasteiger partial charge in [0, 0.05) is 13.6 Å². The van der Waals surface area contributed by atoms with E-state index in [2.05, 4.69) is 10.4 Å². The van der Waals surface area contributed by atoms with E-state index in [0.717, 1.165) is 5.76 Å². The summed E-state index contributed by atoms with van der Waals surface area (Å²) in [5, 5.41) is 7.12. The van der Waals surface area contributed by atoms with E-state index in [0.29, 0.717) is 19.6 Å². The van der Waals surface area contributed by atoms with Crippen molar-refractivity contribution in [2.45, 2.75) is 13.1 Å². The highest BCUT2D eigenvalue weighted by molar-refractivity contribution is 4.97. The molecule has 2 aromatic heterocycles. The predicted molar refractivity (Wildman–Crippen MR) is 57.9 cm³/mol. The van der Waals surface area contributed by atoms with Crippen molar-refractivity contribution in [3.63, 3.8) is 0 Å². The Bertz CT molecular complexity index is 483. The summed E-state index contributed by atoms with van der Waals surface area (Å²) < 4.78 is 8.04. The van der Waals surface area contributed by atoms with Gasteiger partial charge in [-0.1, -0.05) is 0 Å². The Hall–Kier alpha value is -1.82. The van der Waals surface area contributed by atoms with Gasteiger partial charge in [0.15, 0.2) is 0 Å². The minimum Gasteiger partial charge on any atom is -0.468 e. The van der Waals surface area contributed by atoms with Crippen molar-refractivity contribution in [2.75, 3.05) is 6.54 Å². The van der Waals surface area contributed by atoms with E-state index in [9.17, 15) is 4.79 Å². The van der Waals surface area contributed by atoms with Crippen LogP contribution in [0.1, 0.15) is 5.76 Å². The number of aromatic nitrogens is 3. The number of hydrogen-bond acceptors (Lipinski definition) is 4. The molecule has 0 bridgehead atoms. The third kappa shape index (κ3) is 2.40. The SMILES string of the molecule is Cn1cnn(CCNCc2ccco2)c1=O. The summed E-state index contributed by atoms with van der Waals surface area (Å²) in [6, 6.07) is 3.75. The van der Waals surface area contributed by atoms with Crippen molar-refractivity contribution < 1.29 is 4.42 Å². The third-order valence-electron chi connectivity index (χ3n) is 2.27. The zero-order valence-electron chi connectivity index (χ0n) is 9.09. The third-order valence-corrected chi connectivity index (χ3v) is 2.27. The molecular formula is C10H14N4O2. The number of rotatable bonds is 5. The first-order valence-electron chi connectivity index (χ1n) is 5.09. The number of hydrogen-bond donors (Lipinski definition) is 1. The highest BCUT2D eigenvalue weighted by Crippen LogP contribution is 1.97. The van der Waals surface area contributed by atoms with Gasteiger partial charge in [0.1, 0.15) is 12.1 Å². The molecule has 16 heavy (non-hydrogen) atoms. The molecule has 0 unspecified atom stereocenters. The van der Waals surface area contributed by atoms with Crippen LogP contribution in [0.2, 0.25) is 0 Å². The van der Waals surface area contributed by atoms with Gasteiger partial charge in [0.2, 0.25) is 0 Å². The zero-order chi connectivity index (χ0) is 11.4. The van der Waals surface area contributed by atoms with Crippen molar-refractivity contribution in [3.8, 4) is 0 Å². The van der Waals surface area contributed by atoms with E-state index in [-0.39, 0.29) is 5.69 Å². The molecule has 0 saturated heterocycles. The molecule has 0 amide bonds. The Balaban J connectivity index is 1.76. The van der Waals surface area contributed by atoms with Crippen LogP contribution in [0.15, 0.2) is 33.9 Å². The lowest BCUT2D eigenvalue weighted by atomic mass is 10.4. The largest absolute Gasteiger partial charge is 0.468 e. The molecule has 0 fully saturated rings. The molecule has 0 spiro atoms. The first-order valence-corrected chi connectivity index (χ1v) is 5.09. The Morgan fingerprint density at radius 2 is 2.44 bits per heavy atom. The van der Waals surface area contributed by atoms with Gasteiger partial charge in [-0.2, -0.15) is 5.10 Å². The van der Waals surface area contributed by atoms with Gasteiger partial charge in [-0.25, -0.2) is 9.48 Å². The molecule has 2 heterocycles. The minimum atomic E-state index is -0.0974. The van der Waals surface area contributed by atoms with Crippen molar-refractivity contribution in [3.05, 3.63) is 41.0 Å². The topological polar surface area (TPSA) is 65.0 Å². The molecule has 86 valence electrons. The molecule has 2 rings (SSSR count). The minimum absolute atomic E-state index is 0.0974. The summed E-state index contributed by atoms with van der Waals surface area (Å²) in [5.41, 5.74) is -0.0974. The van der Waals surface area contributed by atoms with Crippen LogP contribution in [0.4, 0.5) is 0 Å². The first kappa shape index (κ1) is 10.7. The quantitative estimate of drug-likeness (QED) is 0.721. The predicted octanol–water partition coefficient (Wildman–Crippen LogP) is -0.0354. The fourth-order valence-corrected chi connectivity index (χ4v) is 1.38. The average molecular weight is 222 g/mol. The highest BCUT2D eigenvalue weighted by atomic mass is 16.3. The van der Waals surface area contributed by atoms with Crippen LogP contribution in [0.3, 0.4) is 0 Å². The summed E-state index contributed by atoms with van der Waals surface area (Å²) in [4.78, 5) is 11.4. The number of nitrogens with one attached hydrogen (secondary N) is 1. The van der Waals surface area contributed by atoms with E-state index < -0.39 is 0 Å². The van der Waals surface area contributed by atoms with Crippen LogP contribution in [-0.2, 0) is 20.1 Å². The van der Waals surface area contributed by atoms with E-state index in [1.807, 2.05) is 12.1 Å². The lowest BCUT2D eigenvalue weighted by Gasteiger charge is -2.01. The van der Waals surface area contributed by atoms with Gasteiger partial charge in [-0.15, -0.1) is 0 Å². The number of aryl methyl sites for hydroxylation is 1. The Morgan fingerprint density at radius 1 is 1.56 bits per heavy atom. The summed E-state index contributed by atoms with van der Waals surface area (Å²) >= 11 is 0. The Morgan fingerprint density at radius 3 is 3.06 bits per heavy atom. The van der Waals surface area contributed by atoms with E-state index in [4.69, 9.17) is 4.42 Å². The Kier molecular flexibility index (Phi) is 3.21. The van der Waals surface area contributed by atoms with Gasteiger partial charge < -0.3 is 9.73 Å². The molecule has 0 radical (unpaired) electrons. The summed E-state index contributed by atoms with van der Waals surface area (Å²) in [6.45, 7) is 1.90. The molecule has 0 aliphatic carbocycles. The molecule has 0 saturated carbocycles. The van der Waals surface area contributed by atoms with E-state index >= 15 is 0 Å². The Labute approximate surface area is 92.5 Å². The maximum atomic E-state index is 11.4. The molecule has 0 aliphatic rings. The van der Waals surface area contributed by atoms with Crippen molar-refractivity contribution >= 4 is 0 Å². The van der Waals surface area contributed by atoms with E-state index in [1.165, 1.54) is 15.6 Å². The summed E-state index contributed by atoms with van der Waals surface area (Å²) in [5.74, 6) is 0.883. The van der Waals surface area contributed by atoms with Crippen molar-refractivity contribution in [1.29, 1.82) is 0 Å². The standard InChI is InChI=1S/C10H14N4O2/c1-13-8-12-14(10(13)15)5-4-11-7-9-3-2-6-16-9/h2-3,6,8,11H,4-5,7H2,1H3. The second kappa shape index (κ2) is 4.80. The maximum absolute atomic E-state index is 11.4. The molecule has 0 aromatic carbocycles. The van der Waals surface area contributed by atoms with Gasteiger partial charge in [0.05, 0.1) is 19.4 Å². The van der Waals surface area contributed by atoms with Crippen LogP contribution in [0, 0.1) is 0 Å². The molecule has 0 aliphatic heterocycles. The molecular weight excluding hydrogens is 208 g/mol. The smallest absolute Gasteiger partial charge is 0.345 e. The fraction of sp³-hybridized carbons (Fsp3) is 0.400. The maximum Gasteiger partial charge on any atom is 0.345 e. The van der Waals surface area contributed by atoms with Gasteiger partial charge in [-0.3, -0.25) is 4.57 Å². The van der Waals surface area contributed by atoms with Crippen molar-refractivity contribution in [1.82, 2.24) is 19.7 Å². The second-order valence-corrected chi connectivity index (χ2v) is 3.50. The van der Waals surface area contributed by atoms with Crippen LogP contribution in [-0.4, -0.2) is 20.9 Å². The first-order chi connectivity index (χ1) is 7.77.